The summed E-state index contributed by atoms with van der Waals surface area (Å²) in [6.45, 7) is 4.39. The first kappa shape index (κ1) is 21.3. The molecule has 1 heterocycles. The molecule has 2 N–H and O–H groups in total. The zero-order valence-corrected chi connectivity index (χ0v) is 17.6. The van der Waals surface area contributed by atoms with Crippen LogP contribution in [0.1, 0.15) is 28.4 Å². The van der Waals surface area contributed by atoms with Gasteiger partial charge in [-0.2, -0.15) is 0 Å². The van der Waals surface area contributed by atoms with Crippen molar-refractivity contribution < 1.29 is 22.9 Å². The molecule has 1 aromatic heterocycles. The summed E-state index contributed by atoms with van der Waals surface area (Å²) in [5.41, 5.74) is 1.98. The molecule has 2 aromatic carbocycles. The molecule has 0 spiro atoms. The standard InChI is InChI=1S/C22H22N3O4S/c1-3-29-20-8-6-19(7-9-20)25-30(27,28)21-14-18(5-4-16(21)2)22(26)24-15-17-10-12-23-13-11-17/h4-14H,3,15H2,1-2H3,(H,24,26)/q-1/p+1. The largest absolute Gasteiger partial charge is 0.573 e. The van der Waals surface area contributed by atoms with Crippen molar-refractivity contribution in [3.05, 3.63) is 88.4 Å². The van der Waals surface area contributed by atoms with Gasteiger partial charge in [-0.25, -0.2) is 13.4 Å². The highest BCUT2D eigenvalue weighted by molar-refractivity contribution is 7.94. The number of pyridine rings is 1. The summed E-state index contributed by atoms with van der Waals surface area (Å²) in [6.07, 6.45) is 3.53. The molecule has 0 fully saturated rings. The maximum absolute atomic E-state index is 12.9. The van der Waals surface area contributed by atoms with Gasteiger partial charge in [-0.15, -0.1) is 5.69 Å². The number of carbonyl (C=O) groups excluding carboxylic acids is 1. The summed E-state index contributed by atoms with van der Waals surface area (Å²) in [5.74, 6) is 0.278. The Morgan fingerprint density at radius 1 is 1.07 bits per heavy atom. The Morgan fingerprint density at radius 2 is 1.77 bits per heavy atom. The molecule has 0 radical (unpaired) electrons. The smallest absolute Gasteiger partial charge is 0.251 e. The van der Waals surface area contributed by atoms with Crippen LogP contribution >= 0.6 is 0 Å². The number of amides is 1. The number of carbonyl (C=O) groups is 1. The van der Waals surface area contributed by atoms with Crippen molar-refractivity contribution in [2.75, 3.05) is 6.61 Å². The Labute approximate surface area is 176 Å². The number of nitrogens with one attached hydrogen (secondary N) is 2. The molecule has 0 aliphatic heterocycles. The normalized spacial score (nSPS) is 11.0. The van der Waals surface area contributed by atoms with Gasteiger partial charge in [0, 0.05) is 24.2 Å². The zero-order valence-electron chi connectivity index (χ0n) is 16.8. The van der Waals surface area contributed by atoms with E-state index in [0.717, 1.165) is 5.56 Å². The average Bonchev–Trinajstić information content (AvgIpc) is 2.74. The number of aromatic amines is 1. The van der Waals surface area contributed by atoms with Crippen LogP contribution in [-0.2, 0) is 16.6 Å². The lowest BCUT2D eigenvalue weighted by atomic mass is 10.1. The summed E-state index contributed by atoms with van der Waals surface area (Å²) in [6, 6.07) is 14.7. The molecule has 8 heteroatoms. The van der Waals surface area contributed by atoms with Crippen molar-refractivity contribution in [2.45, 2.75) is 25.3 Å². The number of sulfonamides is 1. The second-order valence-corrected chi connectivity index (χ2v) is 8.14. The predicted molar refractivity (Wildman–Crippen MR) is 113 cm³/mol. The highest BCUT2D eigenvalue weighted by atomic mass is 32.2. The van der Waals surface area contributed by atoms with E-state index in [1.165, 1.54) is 6.07 Å². The van der Waals surface area contributed by atoms with E-state index < -0.39 is 10.0 Å². The summed E-state index contributed by atoms with van der Waals surface area (Å²) in [5, 5.41) is 2.79. The fourth-order valence-electron chi connectivity index (χ4n) is 2.80. The van der Waals surface area contributed by atoms with E-state index in [9.17, 15) is 13.2 Å². The Kier molecular flexibility index (Phi) is 6.68. The van der Waals surface area contributed by atoms with Crippen LogP contribution in [0.4, 0.5) is 5.69 Å². The Balaban J connectivity index is 1.76. The molecule has 0 aliphatic carbocycles. The average molecular weight is 426 g/mol. The lowest BCUT2D eigenvalue weighted by molar-refractivity contribution is -0.378. The van der Waals surface area contributed by atoms with E-state index >= 15 is 0 Å². The number of benzene rings is 2. The van der Waals surface area contributed by atoms with Gasteiger partial charge in [0.2, 0.25) is 0 Å². The molecule has 0 unspecified atom stereocenters. The van der Waals surface area contributed by atoms with E-state index in [1.807, 2.05) is 19.1 Å². The lowest BCUT2D eigenvalue weighted by Gasteiger charge is -2.23. The van der Waals surface area contributed by atoms with Crippen molar-refractivity contribution in [1.82, 2.24) is 5.32 Å². The van der Waals surface area contributed by atoms with Crippen LogP contribution in [0.2, 0.25) is 0 Å². The van der Waals surface area contributed by atoms with Gasteiger partial charge in [0.25, 0.3) is 5.91 Å². The molecule has 0 aliphatic rings. The predicted octanol–water partition coefficient (Wildman–Crippen LogP) is 3.53. The quantitative estimate of drug-likeness (QED) is 0.596. The number of hydrogen-bond acceptors (Lipinski definition) is 4. The van der Waals surface area contributed by atoms with Crippen LogP contribution in [0.15, 0.2) is 71.9 Å². The number of nitrogens with zero attached hydrogens (tertiary/aromatic N) is 1. The summed E-state index contributed by atoms with van der Waals surface area (Å²) < 4.78 is 35.0. The van der Waals surface area contributed by atoms with Crippen molar-refractivity contribution in [3.8, 4) is 5.75 Å². The number of H-pyrrole nitrogens is 1. The molecule has 0 bridgehead atoms. The Bertz CT molecular complexity index is 1110. The molecule has 156 valence electrons. The molecule has 0 saturated heterocycles. The van der Waals surface area contributed by atoms with Gasteiger partial charge in [-0.05, 0) is 49.2 Å². The Morgan fingerprint density at radius 3 is 2.43 bits per heavy atom. The molecule has 0 atom stereocenters. The maximum Gasteiger partial charge on any atom is 0.251 e. The van der Waals surface area contributed by atoms with Crippen LogP contribution in [0.25, 0.3) is 4.72 Å². The third-order valence-electron chi connectivity index (χ3n) is 4.34. The molecule has 30 heavy (non-hydrogen) atoms. The molecule has 3 rings (SSSR count). The van der Waals surface area contributed by atoms with E-state index in [0.29, 0.717) is 24.5 Å². The number of aromatic nitrogens is 1. The minimum absolute atomic E-state index is 0.00153. The van der Waals surface area contributed by atoms with E-state index in [4.69, 9.17) is 4.74 Å². The molecule has 1 amide bonds. The van der Waals surface area contributed by atoms with Gasteiger partial charge in [0.1, 0.15) is 15.8 Å². The molecule has 0 saturated carbocycles. The topological polar surface area (TPSA) is 101 Å². The molecular formula is C22H23N3O4S. The van der Waals surface area contributed by atoms with Crippen LogP contribution in [0.5, 0.6) is 5.75 Å². The van der Waals surface area contributed by atoms with Gasteiger partial charge in [0.15, 0.2) is 12.4 Å². The van der Waals surface area contributed by atoms with Crippen molar-refractivity contribution in [3.63, 3.8) is 0 Å². The number of hydrogen-bond donors (Lipinski definition) is 1. The Hall–Kier alpha value is -3.39. The SMILES string of the molecule is CCOc1ccc([N-]S(=O)(=O)c2cc(C(=O)NCc3cc[nH+]cc3)ccc2C)cc1. The van der Waals surface area contributed by atoms with E-state index in [-0.39, 0.29) is 22.1 Å². The maximum atomic E-state index is 12.9. The fourth-order valence-corrected chi connectivity index (χ4v) is 4.05. The number of rotatable bonds is 8. The third kappa shape index (κ3) is 5.36. The van der Waals surface area contributed by atoms with Crippen molar-refractivity contribution in [2.24, 2.45) is 0 Å². The van der Waals surface area contributed by atoms with Gasteiger partial charge in [-0.1, -0.05) is 18.2 Å². The summed E-state index contributed by atoms with van der Waals surface area (Å²) in [7, 11) is -3.99. The first-order valence-corrected chi connectivity index (χ1v) is 10.9. The second kappa shape index (κ2) is 9.41. The number of aryl methyl sites for hydroxylation is 1. The number of ether oxygens (including phenoxy) is 1. The van der Waals surface area contributed by atoms with Crippen molar-refractivity contribution in [1.29, 1.82) is 0 Å². The minimum atomic E-state index is -3.99. The third-order valence-corrected chi connectivity index (χ3v) is 5.79. The van der Waals surface area contributed by atoms with Gasteiger partial charge >= 0.3 is 0 Å². The minimum Gasteiger partial charge on any atom is -0.573 e. The van der Waals surface area contributed by atoms with Gasteiger partial charge in [0.05, 0.1) is 11.5 Å². The zero-order chi connectivity index (χ0) is 21.6. The van der Waals surface area contributed by atoms with Crippen LogP contribution in [-0.4, -0.2) is 20.9 Å². The fraction of sp³-hybridized carbons (Fsp3) is 0.182. The van der Waals surface area contributed by atoms with Crippen LogP contribution in [0.3, 0.4) is 0 Å². The molecular weight excluding hydrogens is 402 g/mol. The first-order valence-electron chi connectivity index (χ1n) is 9.44. The first-order chi connectivity index (χ1) is 14.4. The van der Waals surface area contributed by atoms with Gasteiger partial charge in [-0.3, -0.25) is 4.79 Å². The highest BCUT2D eigenvalue weighted by Gasteiger charge is 2.14. The van der Waals surface area contributed by atoms with E-state index in [1.54, 1.807) is 55.7 Å². The summed E-state index contributed by atoms with van der Waals surface area (Å²) in [4.78, 5) is 15.4. The molecule has 7 nitrogen and oxygen atoms in total. The highest BCUT2D eigenvalue weighted by Crippen LogP contribution is 2.31. The van der Waals surface area contributed by atoms with Gasteiger partial charge < -0.3 is 14.8 Å². The van der Waals surface area contributed by atoms with Crippen LogP contribution in [0, 0.1) is 6.92 Å². The monoisotopic (exact) mass is 425 g/mol. The van der Waals surface area contributed by atoms with E-state index in [2.05, 4.69) is 15.0 Å². The lowest BCUT2D eigenvalue weighted by Crippen LogP contribution is -2.23. The molecule has 3 aromatic rings. The van der Waals surface area contributed by atoms with Crippen LogP contribution < -0.4 is 15.0 Å². The van der Waals surface area contributed by atoms with Crippen molar-refractivity contribution >= 4 is 21.6 Å². The second-order valence-electron chi connectivity index (χ2n) is 6.56. The summed E-state index contributed by atoms with van der Waals surface area (Å²) >= 11 is 0.